The first-order valence-electron chi connectivity index (χ1n) is 8.76. The number of aryl methyl sites for hydroxylation is 1. The maximum absolute atomic E-state index is 13.3. The van der Waals surface area contributed by atoms with Gasteiger partial charge in [-0.3, -0.25) is 14.3 Å². The molecule has 0 spiro atoms. The van der Waals surface area contributed by atoms with E-state index in [9.17, 15) is 18.0 Å². The average molecular weight is 398 g/mol. The van der Waals surface area contributed by atoms with Crippen LogP contribution in [0.5, 0.6) is 0 Å². The second kappa shape index (κ2) is 6.52. The van der Waals surface area contributed by atoms with Crippen molar-refractivity contribution in [2.45, 2.75) is 31.6 Å². The van der Waals surface area contributed by atoms with Crippen molar-refractivity contribution >= 4 is 15.6 Å². The van der Waals surface area contributed by atoms with Crippen LogP contribution in [0.2, 0.25) is 0 Å². The molecule has 0 atom stereocenters. The molecule has 3 heterocycles. The van der Waals surface area contributed by atoms with Gasteiger partial charge in [-0.25, -0.2) is 23.1 Å². The minimum atomic E-state index is -3.63. The standard InChI is InChI=1S/C19H18N4O4S/c1-12-6-3-4-7-13(12)17(24)15-16(22-10-5-11-23(22)18(15)25)14-8-9-20-19(21-14)28(2,26)27/h3-4,6-9H,5,10-11H2,1-2H3. The van der Waals surface area contributed by atoms with E-state index in [-0.39, 0.29) is 22.0 Å². The highest BCUT2D eigenvalue weighted by molar-refractivity contribution is 7.90. The van der Waals surface area contributed by atoms with E-state index in [2.05, 4.69) is 9.97 Å². The van der Waals surface area contributed by atoms with E-state index in [0.29, 0.717) is 24.3 Å². The smallest absolute Gasteiger partial charge is 0.278 e. The molecular formula is C19H18N4O4S. The van der Waals surface area contributed by atoms with Crippen LogP contribution >= 0.6 is 0 Å². The van der Waals surface area contributed by atoms with Crippen molar-refractivity contribution in [3.05, 3.63) is 63.6 Å². The summed E-state index contributed by atoms with van der Waals surface area (Å²) in [7, 11) is -3.63. The summed E-state index contributed by atoms with van der Waals surface area (Å²) in [6.45, 7) is 2.85. The summed E-state index contributed by atoms with van der Waals surface area (Å²) in [6, 6.07) is 8.57. The van der Waals surface area contributed by atoms with Gasteiger partial charge in [0.15, 0.2) is 0 Å². The minimum absolute atomic E-state index is 0.00662. The number of ketones is 1. The zero-order chi connectivity index (χ0) is 20.1. The van der Waals surface area contributed by atoms with Gasteiger partial charge in [-0.15, -0.1) is 0 Å². The third kappa shape index (κ3) is 2.88. The molecule has 0 amide bonds. The number of hydrogen-bond acceptors (Lipinski definition) is 6. The molecule has 8 nitrogen and oxygen atoms in total. The Morgan fingerprint density at radius 3 is 2.54 bits per heavy atom. The Kier molecular flexibility index (Phi) is 4.26. The third-order valence-electron chi connectivity index (χ3n) is 4.80. The number of nitrogens with zero attached hydrogens (tertiary/aromatic N) is 4. The molecule has 0 saturated carbocycles. The summed E-state index contributed by atoms with van der Waals surface area (Å²) in [5.41, 5.74) is 1.39. The molecule has 4 rings (SSSR count). The highest BCUT2D eigenvalue weighted by Gasteiger charge is 2.31. The first kappa shape index (κ1) is 18.3. The van der Waals surface area contributed by atoms with E-state index in [4.69, 9.17) is 0 Å². The summed E-state index contributed by atoms with van der Waals surface area (Å²) in [5.74, 6) is -0.396. The predicted molar refractivity (Wildman–Crippen MR) is 102 cm³/mol. The molecule has 0 N–H and O–H groups in total. The van der Waals surface area contributed by atoms with Crippen molar-refractivity contribution in [3.8, 4) is 11.4 Å². The lowest BCUT2D eigenvalue weighted by Gasteiger charge is -2.09. The molecule has 0 fully saturated rings. The lowest BCUT2D eigenvalue weighted by Crippen LogP contribution is -2.22. The molecule has 0 radical (unpaired) electrons. The van der Waals surface area contributed by atoms with Crippen molar-refractivity contribution in [1.29, 1.82) is 0 Å². The Bertz CT molecular complexity index is 1270. The van der Waals surface area contributed by atoms with Crippen LogP contribution in [0.3, 0.4) is 0 Å². The first-order valence-corrected chi connectivity index (χ1v) is 10.7. The molecule has 3 aromatic rings. The zero-order valence-electron chi connectivity index (χ0n) is 15.4. The topological polar surface area (TPSA) is 104 Å². The van der Waals surface area contributed by atoms with E-state index < -0.39 is 15.6 Å². The number of rotatable bonds is 4. The van der Waals surface area contributed by atoms with Crippen LogP contribution < -0.4 is 5.56 Å². The molecule has 1 aliphatic heterocycles. The zero-order valence-corrected chi connectivity index (χ0v) is 16.2. The molecule has 1 aromatic carbocycles. The van der Waals surface area contributed by atoms with Crippen LogP contribution in [0.15, 0.2) is 46.5 Å². The van der Waals surface area contributed by atoms with Crippen molar-refractivity contribution in [2.24, 2.45) is 0 Å². The average Bonchev–Trinajstić information content (AvgIpc) is 3.23. The maximum atomic E-state index is 13.3. The first-order chi connectivity index (χ1) is 13.3. The molecule has 9 heteroatoms. The number of aromatic nitrogens is 4. The molecule has 0 saturated heterocycles. The highest BCUT2D eigenvalue weighted by Crippen LogP contribution is 2.27. The van der Waals surface area contributed by atoms with Gasteiger partial charge in [-0.1, -0.05) is 24.3 Å². The van der Waals surface area contributed by atoms with Gasteiger partial charge in [0.1, 0.15) is 11.3 Å². The second-order valence-electron chi connectivity index (χ2n) is 6.77. The van der Waals surface area contributed by atoms with Crippen LogP contribution in [-0.4, -0.2) is 39.8 Å². The normalized spacial score (nSPS) is 13.5. The van der Waals surface area contributed by atoms with Crippen LogP contribution in [0.25, 0.3) is 11.4 Å². The maximum Gasteiger partial charge on any atom is 0.278 e. The van der Waals surface area contributed by atoms with Gasteiger partial charge >= 0.3 is 0 Å². The van der Waals surface area contributed by atoms with Gasteiger partial charge in [0.05, 0.1) is 5.69 Å². The molecule has 2 aromatic heterocycles. The van der Waals surface area contributed by atoms with E-state index >= 15 is 0 Å². The summed E-state index contributed by atoms with van der Waals surface area (Å²) in [5, 5.41) is -0.342. The Balaban J connectivity index is 1.99. The SMILES string of the molecule is Cc1ccccc1C(=O)c1c(-c2ccnc(S(C)(=O)=O)n2)n2n(c1=O)CCC2. The number of carbonyl (C=O) groups is 1. The van der Waals surface area contributed by atoms with Crippen molar-refractivity contribution in [1.82, 2.24) is 19.3 Å². The summed E-state index contributed by atoms with van der Waals surface area (Å²) < 4.78 is 27.0. The highest BCUT2D eigenvalue weighted by atomic mass is 32.2. The lowest BCUT2D eigenvalue weighted by atomic mass is 9.98. The Morgan fingerprint density at radius 1 is 1.11 bits per heavy atom. The number of carbonyl (C=O) groups excluding carboxylic acids is 1. The fraction of sp³-hybridized carbons (Fsp3) is 0.263. The van der Waals surface area contributed by atoms with Crippen LogP contribution in [0.4, 0.5) is 0 Å². The number of hydrogen-bond donors (Lipinski definition) is 0. The van der Waals surface area contributed by atoms with Gasteiger partial charge in [0, 0.05) is 31.1 Å². The van der Waals surface area contributed by atoms with Crippen LogP contribution in [0.1, 0.15) is 27.9 Å². The van der Waals surface area contributed by atoms with Crippen molar-refractivity contribution in [2.75, 3.05) is 6.26 Å². The summed E-state index contributed by atoms with van der Waals surface area (Å²) in [6.07, 6.45) is 3.09. The third-order valence-corrected chi connectivity index (χ3v) is 5.66. The van der Waals surface area contributed by atoms with Gasteiger partial charge in [0.25, 0.3) is 5.56 Å². The monoisotopic (exact) mass is 398 g/mol. The molecule has 1 aliphatic rings. The fourth-order valence-electron chi connectivity index (χ4n) is 3.49. The molecule has 0 aliphatic carbocycles. The van der Waals surface area contributed by atoms with E-state index in [0.717, 1.165) is 18.2 Å². The Hall–Kier alpha value is -3.07. The van der Waals surface area contributed by atoms with Gasteiger partial charge in [0.2, 0.25) is 20.8 Å². The van der Waals surface area contributed by atoms with E-state index in [1.54, 1.807) is 29.8 Å². The van der Waals surface area contributed by atoms with Gasteiger partial charge < -0.3 is 0 Å². The summed E-state index contributed by atoms with van der Waals surface area (Å²) in [4.78, 5) is 34.2. The van der Waals surface area contributed by atoms with Crippen molar-refractivity contribution < 1.29 is 13.2 Å². The van der Waals surface area contributed by atoms with Crippen LogP contribution in [0, 0.1) is 6.92 Å². The molecule has 28 heavy (non-hydrogen) atoms. The van der Waals surface area contributed by atoms with Gasteiger partial charge in [-0.2, -0.15) is 0 Å². The lowest BCUT2D eigenvalue weighted by molar-refractivity contribution is 0.103. The molecule has 144 valence electrons. The molecule has 0 bridgehead atoms. The van der Waals surface area contributed by atoms with Crippen molar-refractivity contribution in [3.63, 3.8) is 0 Å². The fourth-order valence-corrected chi connectivity index (χ4v) is 4.01. The molecule has 0 unspecified atom stereocenters. The number of benzene rings is 1. The predicted octanol–water partition coefficient (Wildman–Crippen LogP) is 1.45. The number of fused-ring (bicyclic) bond motifs is 1. The molecular weight excluding hydrogens is 380 g/mol. The van der Waals surface area contributed by atoms with E-state index in [1.165, 1.54) is 16.9 Å². The minimum Gasteiger partial charge on any atom is -0.288 e. The summed E-state index contributed by atoms with van der Waals surface area (Å²) >= 11 is 0. The second-order valence-corrected chi connectivity index (χ2v) is 8.68. The van der Waals surface area contributed by atoms with Gasteiger partial charge in [-0.05, 0) is 25.0 Å². The Labute approximate surface area is 161 Å². The largest absolute Gasteiger partial charge is 0.288 e. The number of sulfone groups is 1. The van der Waals surface area contributed by atoms with E-state index in [1.807, 2.05) is 6.07 Å². The van der Waals surface area contributed by atoms with Crippen LogP contribution in [-0.2, 0) is 22.9 Å². The Morgan fingerprint density at radius 2 is 1.82 bits per heavy atom. The quantitative estimate of drug-likeness (QED) is 0.487.